The van der Waals surface area contributed by atoms with Crippen LogP contribution in [0.15, 0.2) is 30.3 Å². The maximum atomic E-state index is 12.2. The van der Waals surface area contributed by atoms with E-state index in [0.717, 1.165) is 12.0 Å². The predicted octanol–water partition coefficient (Wildman–Crippen LogP) is 1.45. The number of hydrogen-bond acceptors (Lipinski definition) is 4. The minimum absolute atomic E-state index is 0.185. The molecule has 0 radical (unpaired) electrons. The van der Waals surface area contributed by atoms with Crippen LogP contribution in [0.1, 0.15) is 25.3 Å². The van der Waals surface area contributed by atoms with Gasteiger partial charge in [-0.1, -0.05) is 43.7 Å². The molecule has 0 amide bonds. The average molecular weight is 297 g/mol. The van der Waals surface area contributed by atoms with Gasteiger partial charge < -0.3 is 5.11 Å². The molecule has 5 heteroatoms. The van der Waals surface area contributed by atoms with Crippen LogP contribution in [-0.4, -0.2) is 48.6 Å². The fourth-order valence-electron chi connectivity index (χ4n) is 2.65. The van der Waals surface area contributed by atoms with E-state index in [9.17, 15) is 13.5 Å². The third-order valence-electron chi connectivity index (χ3n) is 3.81. The second-order valence-corrected chi connectivity index (χ2v) is 7.85. The van der Waals surface area contributed by atoms with Gasteiger partial charge in [0.1, 0.15) is 5.25 Å². The van der Waals surface area contributed by atoms with Gasteiger partial charge in [-0.2, -0.15) is 0 Å². The number of nitrogens with zero attached hydrogens (tertiary/aromatic N) is 1. The molecule has 1 saturated heterocycles. The molecule has 0 aromatic heterocycles. The number of β-amino-alcohol motifs (C(OH)–C–C–N with tert-alkyl or cyclic N) is 1. The third-order valence-corrected chi connectivity index (χ3v) is 6.05. The van der Waals surface area contributed by atoms with Crippen LogP contribution in [0.25, 0.3) is 0 Å². The lowest BCUT2D eigenvalue weighted by molar-refractivity contribution is 0.176. The summed E-state index contributed by atoms with van der Waals surface area (Å²) >= 11 is 0. The topological polar surface area (TPSA) is 57.6 Å². The van der Waals surface area contributed by atoms with Gasteiger partial charge in [0.05, 0.1) is 11.9 Å². The molecule has 1 aliphatic heterocycles. The SMILES string of the molecule is CCCCS(=O)(=O)[C@@H]1CN(Cc2ccccc2)C[C@H]1O. The molecule has 1 heterocycles. The summed E-state index contributed by atoms with van der Waals surface area (Å²) in [6, 6.07) is 9.94. The first kappa shape index (κ1) is 15.5. The van der Waals surface area contributed by atoms with E-state index in [-0.39, 0.29) is 5.75 Å². The molecule has 112 valence electrons. The Morgan fingerprint density at radius 3 is 2.60 bits per heavy atom. The van der Waals surface area contributed by atoms with E-state index >= 15 is 0 Å². The van der Waals surface area contributed by atoms with Crippen LogP contribution in [0, 0.1) is 0 Å². The highest BCUT2D eigenvalue weighted by molar-refractivity contribution is 7.92. The van der Waals surface area contributed by atoms with Crippen LogP contribution < -0.4 is 0 Å². The quantitative estimate of drug-likeness (QED) is 0.863. The van der Waals surface area contributed by atoms with Gasteiger partial charge in [-0.3, -0.25) is 4.90 Å². The van der Waals surface area contributed by atoms with Crippen molar-refractivity contribution in [3.05, 3.63) is 35.9 Å². The molecular weight excluding hydrogens is 274 g/mol. The molecular formula is C15H23NO3S. The second kappa shape index (κ2) is 6.70. The van der Waals surface area contributed by atoms with Gasteiger partial charge in [-0.15, -0.1) is 0 Å². The molecule has 1 aromatic carbocycles. The first-order valence-corrected chi connectivity index (χ1v) is 8.90. The number of rotatable bonds is 6. The standard InChI is InChI=1S/C15H23NO3S/c1-2-3-9-20(18,19)15-12-16(11-14(15)17)10-13-7-5-4-6-8-13/h4-8,14-15,17H,2-3,9-12H2,1H3/t14-,15-/m1/s1. The Labute approximate surface area is 121 Å². The first-order valence-electron chi connectivity index (χ1n) is 7.19. The Hall–Kier alpha value is -0.910. The minimum atomic E-state index is -3.19. The minimum Gasteiger partial charge on any atom is -0.390 e. The van der Waals surface area contributed by atoms with Gasteiger partial charge in [0.25, 0.3) is 0 Å². The Morgan fingerprint density at radius 1 is 1.25 bits per heavy atom. The van der Waals surface area contributed by atoms with E-state index in [1.54, 1.807) is 0 Å². The fraction of sp³-hybridized carbons (Fsp3) is 0.600. The zero-order valence-corrected chi connectivity index (χ0v) is 12.7. The maximum Gasteiger partial charge on any atom is 0.157 e. The van der Waals surface area contributed by atoms with Crippen molar-refractivity contribution < 1.29 is 13.5 Å². The average Bonchev–Trinajstić information content (AvgIpc) is 2.79. The Kier molecular flexibility index (Phi) is 5.18. The van der Waals surface area contributed by atoms with Crippen LogP contribution in [0.4, 0.5) is 0 Å². The fourth-order valence-corrected chi connectivity index (χ4v) is 4.65. The van der Waals surface area contributed by atoms with Gasteiger partial charge in [0, 0.05) is 19.6 Å². The third kappa shape index (κ3) is 3.81. The second-order valence-electron chi connectivity index (χ2n) is 5.51. The molecule has 20 heavy (non-hydrogen) atoms. The monoisotopic (exact) mass is 297 g/mol. The summed E-state index contributed by atoms with van der Waals surface area (Å²) in [5.41, 5.74) is 1.14. The van der Waals surface area contributed by atoms with Crippen molar-refractivity contribution in [2.75, 3.05) is 18.8 Å². The zero-order valence-electron chi connectivity index (χ0n) is 11.9. The van der Waals surface area contributed by atoms with Crippen molar-refractivity contribution in [2.45, 2.75) is 37.7 Å². The van der Waals surface area contributed by atoms with E-state index in [4.69, 9.17) is 0 Å². The Morgan fingerprint density at radius 2 is 1.95 bits per heavy atom. The van der Waals surface area contributed by atoms with Crippen LogP contribution in [0.5, 0.6) is 0 Å². The van der Waals surface area contributed by atoms with Crippen LogP contribution in [0.3, 0.4) is 0 Å². The number of sulfone groups is 1. The predicted molar refractivity (Wildman–Crippen MR) is 80.2 cm³/mol. The van der Waals surface area contributed by atoms with Gasteiger partial charge in [-0.25, -0.2) is 8.42 Å². The normalized spacial score (nSPS) is 24.1. The van der Waals surface area contributed by atoms with E-state index in [1.807, 2.05) is 42.2 Å². The summed E-state index contributed by atoms with van der Waals surface area (Å²) in [4.78, 5) is 2.02. The number of likely N-dealkylation sites (tertiary alicyclic amines) is 1. The van der Waals surface area contributed by atoms with E-state index in [2.05, 4.69) is 0 Å². The number of hydrogen-bond donors (Lipinski definition) is 1. The van der Waals surface area contributed by atoms with Crippen LogP contribution in [-0.2, 0) is 16.4 Å². The zero-order chi connectivity index (χ0) is 14.6. The number of aliphatic hydroxyl groups is 1. The largest absolute Gasteiger partial charge is 0.390 e. The highest BCUT2D eigenvalue weighted by Crippen LogP contribution is 2.21. The highest BCUT2D eigenvalue weighted by atomic mass is 32.2. The lowest BCUT2D eigenvalue weighted by Crippen LogP contribution is -2.34. The number of benzene rings is 1. The van der Waals surface area contributed by atoms with E-state index in [1.165, 1.54) is 0 Å². The molecule has 0 saturated carbocycles. The summed E-state index contributed by atoms with van der Waals surface area (Å²) in [7, 11) is -3.19. The number of aliphatic hydroxyl groups excluding tert-OH is 1. The molecule has 1 fully saturated rings. The Balaban J connectivity index is 1.98. The molecule has 4 nitrogen and oxygen atoms in total. The van der Waals surface area contributed by atoms with E-state index in [0.29, 0.717) is 26.1 Å². The molecule has 2 atom stereocenters. The van der Waals surface area contributed by atoms with Gasteiger partial charge in [0.2, 0.25) is 0 Å². The molecule has 2 rings (SSSR count). The maximum absolute atomic E-state index is 12.2. The number of unbranched alkanes of at least 4 members (excludes halogenated alkanes) is 1. The van der Waals surface area contributed by atoms with Crippen molar-refractivity contribution in [3.63, 3.8) is 0 Å². The summed E-state index contributed by atoms with van der Waals surface area (Å²) < 4.78 is 24.4. The summed E-state index contributed by atoms with van der Waals surface area (Å²) in [5.74, 6) is 0.185. The molecule has 1 N–H and O–H groups in total. The summed E-state index contributed by atoms with van der Waals surface area (Å²) in [6.07, 6.45) is 0.764. The highest BCUT2D eigenvalue weighted by Gasteiger charge is 2.39. The van der Waals surface area contributed by atoms with E-state index < -0.39 is 21.2 Å². The van der Waals surface area contributed by atoms with Crippen molar-refractivity contribution >= 4 is 9.84 Å². The van der Waals surface area contributed by atoms with Crippen LogP contribution in [0.2, 0.25) is 0 Å². The molecule has 1 aliphatic rings. The molecule has 0 spiro atoms. The van der Waals surface area contributed by atoms with Gasteiger partial charge in [-0.05, 0) is 12.0 Å². The summed E-state index contributed by atoms with van der Waals surface area (Å²) in [6.45, 7) is 3.53. The van der Waals surface area contributed by atoms with Gasteiger partial charge >= 0.3 is 0 Å². The summed E-state index contributed by atoms with van der Waals surface area (Å²) in [5, 5.41) is 9.42. The molecule has 0 bridgehead atoms. The van der Waals surface area contributed by atoms with Crippen LogP contribution >= 0.6 is 0 Å². The van der Waals surface area contributed by atoms with Gasteiger partial charge in [0.15, 0.2) is 9.84 Å². The molecule has 1 aromatic rings. The Bertz CT molecular complexity index is 515. The van der Waals surface area contributed by atoms with Crippen molar-refractivity contribution in [1.82, 2.24) is 4.90 Å². The van der Waals surface area contributed by atoms with Crippen molar-refractivity contribution in [3.8, 4) is 0 Å². The van der Waals surface area contributed by atoms with Crippen molar-refractivity contribution in [2.24, 2.45) is 0 Å². The molecule has 0 aliphatic carbocycles. The first-order chi connectivity index (χ1) is 9.53. The molecule has 0 unspecified atom stereocenters. The van der Waals surface area contributed by atoms with Crippen molar-refractivity contribution in [1.29, 1.82) is 0 Å². The lowest BCUT2D eigenvalue weighted by Gasteiger charge is -2.16. The smallest absolute Gasteiger partial charge is 0.157 e. The lowest BCUT2D eigenvalue weighted by atomic mass is 10.2.